The number of rotatable bonds is 5. The number of hydrogen-bond acceptors (Lipinski definition) is 3. The van der Waals surface area contributed by atoms with Crippen LogP contribution in [0, 0.1) is 17.2 Å². The van der Waals surface area contributed by atoms with Gasteiger partial charge in [-0.05, 0) is 48.6 Å². The van der Waals surface area contributed by atoms with E-state index in [1.165, 1.54) is 24.3 Å². The molecule has 0 bridgehead atoms. The molecule has 0 unspecified atom stereocenters. The van der Waals surface area contributed by atoms with Gasteiger partial charge in [0.2, 0.25) is 10.0 Å². The molecule has 2 aromatic rings. The van der Waals surface area contributed by atoms with Gasteiger partial charge in [0.25, 0.3) is 0 Å². The van der Waals surface area contributed by atoms with Crippen molar-refractivity contribution in [1.82, 2.24) is 4.72 Å². The second kappa shape index (κ2) is 5.91. The van der Waals surface area contributed by atoms with Gasteiger partial charge in [-0.15, -0.1) is 0 Å². The predicted molar refractivity (Wildman–Crippen MR) is 83.4 cm³/mol. The van der Waals surface area contributed by atoms with Gasteiger partial charge in [-0.25, -0.2) is 13.1 Å². The van der Waals surface area contributed by atoms with Crippen LogP contribution < -0.4 is 4.72 Å². The summed E-state index contributed by atoms with van der Waals surface area (Å²) in [6.07, 6.45) is 2.07. The Balaban J connectivity index is 1.87. The van der Waals surface area contributed by atoms with E-state index in [1.54, 1.807) is 0 Å². The first kappa shape index (κ1) is 14.8. The molecule has 1 aliphatic carbocycles. The second-order valence-electron chi connectivity index (χ2n) is 5.48. The van der Waals surface area contributed by atoms with Crippen molar-refractivity contribution in [2.75, 3.05) is 0 Å². The van der Waals surface area contributed by atoms with E-state index in [0.29, 0.717) is 11.5 Å². The molecule has 5 heteroatoms. The molecule has 1 atom stereocenters. The topological polar surface area (TPSA) is 70.0 Å². The lowest BCUT2D eigenvalue weighted by Crippen LogP contribution is -2.30. The van der Waals surface area contributed by atoms with Crippen LogP contribution in [0.2, 0.25) is 0 Å². The summed E-state index contributed by atoms with van der Waals surface area (Å²) in [6.45, 7) is 0. The Morgan fingerprint density at radius 1 is 1.05 bits per heavy atom. The fourth-order valence-electron chi connectivity index (χ4n) is 2.47. The van der Waals surface area contributed by atoms with Gasteiger partial charge in [-0.1, -0.05) is 30.3 Å². The Morgan fingerprint density at radius 2 is 1.68 bits per heavy atom. The van der Waals surface area contributed by atoms with Crippen molar-refractivity contribution in [2.24, 2.45) is 5.92 Å². The van der Waals surface area contributed by atoms with Gasteiger partial charge in [-0.2, -0.15) is 5.26 Å². The molecule has 0 amide bonds. The molecular weight excluding hydrogens is 296 g/mol. The summed E-state index contributed by atoms with van der Waals surface area (Å²) in [4.78, 5) is 0.188. The van der Waals surface area contributed by atoms with Crippen molar-refractivity contribution in [3.63, 3.8) is 0 Å². The third kappa shape index (κ3) is 3.19. The Hall–Kier alpha value is -2.16. The van der Waals surface area contributed by atoms with Crippen LogP contribution in [0.25, 0.3) is 0 Å². The van der Waals surface area contributed by atoms with Gasteiger partial charge >= 0.3 is 0 Å². The van der Waals surface area contributed by atoms with Crippen LogP contribution in [-0.4, -0.2) is 8.42 Å². The number of nitrogens with zero attached hydrogens (tertiary/aromatic N) is 1. The van der Waals surface area contributed by atoms with Gasteiger partial charge in [0.1, 0.15) is 0 Å². The molecule has 0 aromatic heterocycles. The molecule has 22 heavy (non-hydrogen) atoms. The van der Waals surface area contributed by atoms with E-state index in [-0.39, 0.29) is 10.9 Å². The lowest BCUT2D eigenvalue weighted by Gasteiger charge is -2.19. The van der Waals surface area contributed by atoms with Crippen molar-refractivity contribution in [2.45, 2.75) is 23.8 Å². The first-order chi connectivity index (χ1) is 10.6. The zero-order valence-corrected chi connectivity index (χ0v) is 12.8. The fourth-order valence-corrected chi connectivity index (χ4v) is 3.76. The average Bonchev–Trinajstić information content (AvgIpc) is 3.38. The Morgan fingerprint density at radius 3 is 2.23 bits per heavy atom. The molecule has 0 spiro atoms. The zero-order valence-electron chi connectivity index (χ0n) is 11.9. The van der Waals surface area contributed by atoms with Crippen molar-refractivity contribution in [3.8, 4) is 6.07 Å². The van der Waals surface area contributed by atoms with E-state index < -0.39 is 10.0 Å². The third-order valence-corrected chi connectivity index (χ3v) is 5.28. The third-order valence-electron chi connectivity index (χ3n) is 3.83. The van der Waals surface area contributed by atoms with Crippen LogP contribution in [0.15, 0.2) is 59.5 Å². The standard InChI is InChI=1S/C17H16N2O2S/c18-12-13-6-10-16(11-7-13)22(20,21)19-17(15-8-9-15)14-4-2-1-3-5-14/h1-7,10-11,15,17,19H,8-9H2/t17-/m0/s1. The molecule has 0 heterocycles. The highest BCUT2D eigenvalue weighted by Crippen LogP contribution is 2.41. The maximum Gasteiger partial charge on any atom is 0.241 e. The molecule has 1 saturated carbocycles. The van der Waals surface area contributed by atoms with Crippen molar-refractivity contribution in [1.29, 1.82) is 5.26 Å². The van der Waals surface area contributed by atoms with Crippen LogP contribution in [0.4, 0.5) is 0 Å². The number of benzene rings is 2. The van der Waals surface area contributed by atoms with Crippen LogP contribution in [-0.2, 0) is 10.0 Å². The van der Waals surface area contributed by atoms with Gasteiger partial charge in [0.05, 0.1) is 16.5 Å². The highest BCUT2D eigenvalue weighted by atomic mass is 32.2. The van der Waals surface area contributed by atoms with E-state index in [1.807, 2.05) is 36.4 Å². The summed E-state index contributed by atoms with van der Waals surface area (Å²) >= 11 is 0. The number of hydrogen-bond donors (Lipinski definition) is 1. The fraction of sp³-hybridized carbons (Fsp3) is 0.235. The molecule has 112 valence electrons. The van der Waals surface area contributed by atoms with Crippen molar-refractivity contribution >= 4 is 10.0 Å². The van der Waals surface area contributed by atoms with E-state index in [2.05, 4.69) is 4.72 Å². The molecular formula is C17H16N2O2S. The minimum Gasteiger partial charge on any atom is -0.207 e. The Kier molecular flexibility index (Phi) is 3.97. The Labute approximate surface area is 130 Å². The molecule has 1 aliphatic rings. The molecule has 0 radical (unpaired) electrons. The SMILES string of the molecule is N#Cc1ccc(S(=O)(=O)N[C@@H](c2ccccc2)C2CC2)cc1. The maximum absolute atomic E-state index is 12.6. The van der Waals surface area contributed by atoms with E-state index >= 15 is 0 Å². The van der Waals surface area contributed by atoms with Gasteiger partial charge in [-0.3, -0.25) is 0 Å². The summed E-state index contributed by atoms with van der Waals surface area (Å²) in [5.74, 6) is 0.357. The normalized spacial score (nSPS) is 16.0. The van der Waals surface area contributed by atoms with Crippen LogP contribution in [0.3, 0.4) is 0 Å². The molecule has 2 aromatic carbocycles. The molecule has 1 fully saturated rings. The first-order valence-corrected chi connectivity index (χ1v) is 8.66. The van der Waals surface area contributed by atoms with Crippen LogP contribution in [0.1, 0.15) is 30.0 Å². The lowest BCUT2D eigenvalue weighted by atomic mass is 10.0. The zero-order chi connectivity index (χ0) is 15.6. The molecule has 1 N–H and O–H groups in total. The van der Waals surface area contributed by atoms with Gasteiger partial charge in [0, 0.05) is 6.04 Å². The highest BCUT2D eigenvalue weighted by Gasteiger charge is 2.35. The minimum absolute atomic E-state index is 0.188. The number of sulfonamides is 1. The second-order valence-corrected chi connectivity index (χ2v) is 7.20. The maximum atomic E-state index is 12.6. The van der Waals surface area contributed by atoms with Crippen LogP contribution in [0.5, 0.6) is 0 Å². The van der Waals surface area contributed by atoms with E-state index in [4.69, 9.17) is 5.26 Å². The summed E-state index contributed by atoms with van der Waals surface area (Å²) < 4.78 is 27.9. The Bertz CT molecular complexity index is 789. The highest BCUT2D eigenvalue weighted by molar-refractivity contribution is 7.89. The number of nitriles is 1. The molecule has 4 nitrogen and oxygen atoms in total. The molecule has 3 rings (SSSR count). The van der Waals surface area contributed by atoms with Crippen molar-refractivity contribution < 1.29 is 8.42 Å². The van der Waals surface area contributed by atoms with E-state index in [9.17, 15) is 8.42 Å². The number of nitrogens with one attached hydrogen (secondary N) is 1. The summed E-state index contributed by atoms with van der Waals surface area (Å²) in [5, 5.41) is 8.79. The smallest absolute Gasteiger partial charge is 0.207 e. The van der Waals surface area contributed by atoms with Gasteiger partial charge in [0.15, 0.2) is 0 Å². The quantitative estimate of drug-likeness (QED) is 0.922. The van der Waals surface area contributed by atoms with Crippen LogP contribution >= 0.6 is 0 Å². The minimum atomic E-state index is -3.60. The molecule has 0 saturated heterocycles. The predicted octanol–water partition coefficient (Wildman–Crippen LogP) is 2.99. The largest absolute Gasteiger partial charge is 0.241 e. The average molecular weight is 312 g/mol. The van der Waals surface area contributed by atoms with Crippen molar-refractivity contribution in [3.05, 3.63) is 65.7 Å². The lowest BCUT2D eigenvalue weighted by molar-refractivity contribution is 0.529. The summed E-state index contributed by atoms with van der Waals surface area (Å²) in [6, 6.07) is 17.4. The van der Waals surface area contributed by atoms with Gasteiger partial charge < -0.3 is 0 Å². The summed E-state index contributed by atoms with van der Waals surface area (Å²) in [5.41, 5.74) is 1.43. The first-order valence-electron chi connectivity index (χ1n) is 7.17. The van der Waals surface area contributed by atoms with E-state index in [0.717, 1.165) is 18.4 Å². The summed E-state index contributed by atoms with van der Waals surface area (Å²) in [7, 11) is -3.60. The monoisotopic (exact) mass is 312 g/mol. The molecule has 0 aliphatic heterocycles.